The van der Waals surface area contributed by atoms with Crippen LogP contribution < -0.4 is 10.1 Å². The molecular formula is C21H20F3N5O3. The molecule has 0 aliphatic carbocycles. The van der Waals surface area contributed by atoms with Gasteiger partial charge in [-0.05, 0) is 56.7 Å². The summed E-state index contributed by atoms with van der Waals surface area (Å²) in [6.45, 7) is 5.34. The SMILES string of the molecule is CC(C)(C)OC(=O)Nc1ccc(/C=C/c2ncn(-c3ccc(OC(F)(F)F)cn3)n2)cc1. The zero-order valence-electron chi connectivity index (χ0n) is 17.4. The second kappa shape index (κ2) is 9.08. The molecule has 8 nitrogen and oxygen atoms in total. The summed E-state index contributed by atoms with van der Waals surface area (Å²) in [5.74, 6) is 0.230. The molecule has 0 spiro atoms. The van der Waals surface area contributed by atoms with Crippen molar-refractivity contribution in [3.05, 3.63) is 60.3 Å². The van der Waals surface area contributed by atoms with Crippen LogP contribution in [0.2, 0.25) is 0 Å². The molecule has 0 bridgehead atoms. The Balaban J connectivity index is 1.60. The second-order valence-corrected chi connectivity index (χ2v) is 7.53. The van der Waals surface area contributed by atoms with Gasteiger partial charge in [-0.25, -0.2) is 19.4 Å². The van der Waals surface area contributed by atoms with E-state index in [-0.39, 0.29) is 5.82 Å². The molecule has 2 aromatic heterocycles. The molecule has 0 saturated heterocycles. The number of alkyl halides is 3. The molecule has 0 radical (unpaired) electrons. The summed E-state index contributed by atoms with van der Waals surface area (Å²) < 4.78 is 47.0. The van der Waals surface area contributed by atoms with Crippen LogP contribution in [0.25, 0.3) is 18.0 Å². The summed E-state index contributed by atoms with van der Waals surface area (Å²) in [6.07, 6.45) is 0.450. The van der Waals surface area contributed by atoms with Gasteiger partial charge >= 0.3 is 12.5 Å². The molecule has 0 fully saturated rings. The maximum Gasteiger partial charge on any atom is 0.573 e. The molecule has 1 aromatic carbocycles. The summed E-state index contributed by atoms with van der Waals surface area (Å²) in [5, 5.41) is 6.86. The standard InChI is InChI=1S/C21H20F3N5O3/c1-20(2,3)32-19(30)27-15-7-4-14(5-8-15)6-10-17-26-13-29(28-17)18-11-9-16(12-25-18)31-21(22,23)24/h4-13H,1-3H3,(H,27,30)/b10-6+. The van der Waals surface area contributed by atoms with Gasteiger partial charge in [0.1, 0.15) is 17.7 Å². The number of anilines is 1. The van der Waals surface area contributed by atoms with Gasteiger partial charge in [-0.15, -0.1) is 18.3 Å². The van der Waals surface area contributed by atoms with Crippen LogP contribution in [0.15, 0.2) is 48.9 Å². The van der Waals surface area contributed by atoms with E-state index in [0.717, 1.165) is 17.8 Å². The number of nitrogens with zero attached hydrogens (tertiary/aromatic N) is 4. The lowest BCUT2D eigenvalue weighted by molar-refractivity contribution is -0.274. The van der Waals surface area contributed by atoms with Crippen molar-refractivity contribution in [3.63, 3.8) is 0 Å². The quantitative estimate of drug-likeness (QED) is 0.587. The summed E-state index contributed by atoms with van der Waals surface area (Å²) in [7, 11) is 0. The number of carbonyl (C=O) groups is 1. The first kappa shape index (κ1) is 22.8. The molecule has 1 N–H and O–H groups in total. The summed E-state index contributed by atoms with van der Waals surface area (Å²) in [4.78, 5) is 19.8. The lowest BCUT2D eigenvalue weighted by atomic mass is 10.2. The highest BCUT2D eigenvalue weighted by Crippen LogP contribution is 2.22. The number of nitrogens with one attached hydrogen (secondary N) is 1. The van der Waals surface area contributed by atoms with Crippen LogP contribution in [-0.4, -0.2) is 37.8 Å². The lowest BCUT2D eigenvalue weighted by Crippen LogP contribution is -2.27. The number of hydrogen-bond acceptors (Lipinski definition) is 6. The van der Waals surface area contributed by atoms with Crippen molar-refractivity contribution >= 4 is 23.9 Å². The van der Waals surface area contributed by atoms with Gasteiger partial charge in [0.25, 0.3) is 0 Å². The van der Waals surface area contributed by atoms with Gasteiger partial charge in [0.2, 0.25) is 0 Å². The number of benzene rings is 1. The van der Waals surface area contributed by atoms with E-state index in [9.17, 15) is 18.0 Å². The molecule has 0 unspecified atom stereocenters. The highest BCUT2D eigenvalue weighted by Gasteiger charge is 2.31. The fraction of sp³-hybridized carbons (Fsp3) is 0.238. The van der Waals surface area contributed by atoms with E-state index in [2.05, 4.69) is 25.1 Å². The fourth-order valence-electron chi connectivity index (χ4n) is 2.43. The third-order valence-corrected chi connectivity index (χ3v) is 3.68. The second-order valence-electron chi connectivity index (χ2n) is 7.53. The van der Waals surface area contributed by atoms with Crippen LogP contribution in [-0.2, 0) is 4.74 Å². The Morgan fingerprint density at radius 2 is 1.75 bits per heavy atom. The molecule has 11 heteroatoms. The van der Waals surface area contributed by atoms with E-state index >= 15 is 0 Å². The van der Waals surface area contributed by atoms with Crippen molar-refractivity contribution in [2.45, 2.75) is 32.7 Å². The number of aromatic nitrogens is 4. The average Bonchev–Trinajstić information content (AvgIpc) is 3.14. The van der Waals surface area contributed by atoms with Crippen LogP contribution in [0.3, 0.4) is 0 Å². The molecule has 0 aliphatic heterocycles. The van der Waals surface area contributed by atoms with Crippen LogP contribution in [0.5, 0.6) is 5.75 Å². The monoisotopic (exact) mass is 447 g/mol. The average molecular weight is 447 g/mol. The Morgan fingerprint density at radius 3 is 2.34 bits per heavy atom. The minimum atomic E-state index is -4.78. The fourth-order valence-corrected chi connectivity index (χ4v) is 2.43. The number of ether oxygens (including phenoxy) is 2. The topological polar surface area (TPSA) is 91.2 Å². The van der Waals surface area contributed by atoms with Gasteiger partial charge in [0.15, 0.2) is 11.6 Å². The smallest absolute Gasteiger partial charge is 0.444 e. The van der Waals surface area contributed by atoms with Crippen molar-refractivity contribution in [1.82, 2.24) is 19.7 Å². The van der Waals surface area contributed by atoms with Crippen LogP contribution >= 0.6 is 0 Å². The van der Waals surface area contributed by atoms with E-state index < -0.39 is 23.8 Å². The van der Waals surface area contributed by atoms with Gasteiger partial charge in [-0.2, -0.15) is 0 Å². The van der Waals surface area contributed by atoms with E-state index in [1.165, 1.54) is 17.1 Å². The molecule has 0 saturated carbocycles. The number of carbonyl (C=O) groups excluding carboxylic acids is 1. The third kappa shape index (κ3) is 7.11. The highest BCUT2D eigenvalue weighted by molar-refractivity contribution is 5.85. The molecule has 1 amide bonds. The molecule has 3 aromatic rings. The van der Waals surface area contributed by atoms with Gasteiger partial charge in [-0.3, -0.25) is 5.32 Å². The number of pyridine rings is 1. The van der Waals surface area contributed by atoms with Gasteiger partial charge < -0.3 is 9.47 Å². The van der Waals surface area contributed by atoms with Crippen molar-refractivity contribution < 1.29 is 27.4 Å². The molecule has 2 heterocycles. The van der Waals surface area contributed by atoms with Crippen LogP contribution in [0.1, 0.15) is 32.2 Å². The van der Waals surface area contributed by atoms with Gasteiger partial charge in [0, 0.05) is 5.69 Å². The number of hydrogen-bond donors (Lipinski definition) is 1. The largest absolute Gasteiger partial charge is 0.573 e. The normalized spacial score (nSPS) is 12.1. The Labute approximate surface area is 181 Å². The van der Waals surface area contributed by atoms with E-state index in [1.807, 2.05) is 0 Å². The maximum atomic E-state index is 12.2. The summed E-state index contributed by atoms with van der Waals surface area (Å²) >= 11 is 0. The first-order valence-electron chi connectivity index (χ1n) is 9.39. The van der Waals surface area contributed by atoms with E-state index in [0.29, 0.717) is 11.5 Å². The van der Waals surface area contributed by atoms with Crippen molar-refractivity contribution in [1.29, 1.82) is 0 Å². The lowest BCUT2D eigenvalue weighted by Gasteiger charge is -2.19. The Kier molecular flexibility index (Phi) is 6.47. The Morgan fingerprint density at radius 1 is 1.03 bits per heavy atom. The van der Waals surface area contributed by atoms with Crippen LogP contribution in [0, 0.1) is 0 Å². The zero-order chi connectivity index (χ0) is 23.4. The number of rotatable bonds is 5. The predicted octanol–water partition coefficient (Wildman–Crippen LogP) is 5.08. The van der Waals surface area contributed by atoms with E-state index in [1.54, 1.807) is 57.2 Å². The Hall–Kier alpha value is -3.89. The van der Waals surface area contributed by atoms with Gasteiger partial charge in [0.05, 0.1) is 6.20 Å². The summed E-state index contributed by atoms with van der Waals surface area (Å²) in [6, 6.07) is 9.51. The zero-order valence-corrected chi connectivity index (χ0v) is 17.4. The molecular weight excluding hydrogens is 427 g/mol. The van der Waals surface area contributed by atoms with Crippen LogP contribution in [0.4, 0.5) is 23.7 Å². The minimum Gasteiger partial charge on any atom is -0.444 e. The third-order valence-electron chi connectivity index (χ3n) is 3.68. The minimum absolute atomic E-state index is 0.282. The van der Waals surface area contributed by atoms with E-state index in [4.69, 9.17) is 4.74 Å². The van der Waals surface area contributed by atoms with Crippen molar-refractivity contribution in [2.75, 3.05) is 5.32 Å². The number of amides is 1. The molecule has 3 rings (SSSR count). The predicted molar refractivity (Wildman–Crippen MR) is 111 cm³/mol. The molecule has 0 aliphatic rings. The Bertz CT molecular complexity index is 1090. The first-order valence-corrected chi connectivity index (χ1v) is 9.39. The first-order chi connectivity index (χ1) is 15.0. The molecule has 168 valence electrons. The van der Waals surface area contributed by atoms with Crippen molar-refractivity contribution in [3.8, 4) is 11.6 Å². The number of halogens is 3. The highest BCUT2D eigenvalue weighted by atomic mass is 19.4. The molecule has 0 atom stereocenters. The molecule has 32 heavy (non-hydrogen) atoms. The maximum absolute atomic E-state index is 12.2. The van der Waals surface area contributed by atoms with Gasteiger partial charge in [-0.1, -0.05) is 18.2 Å². The van der Waals surface area contributed by atoms with Crippen molar-refractivity contribution in [2.24, 2.45) is 0 Å². The summed E-state index contributed by atoms with van der Waals surface area (Å²) in [5.41, 5.74) is 0.836.